The number of alkyl halides is 3. The number of anilines is 1. The van der Waals surface area contributed by atoms with Crippen LogP contribution >= 0.6 is 0 Å². The number of nitrogens with zero attached hydrogens (tertiary/aromatic N) is 3. The van der Waals surface area contributed by atoms with Crippen molar-refractivity contribution in [2.45, 2.75) is 37.3 Å². The number of aromatic nitrogens is 2. The Morgan fingerprint density at radius 2 is 1.96 bits per heavy atom. The van der Waals surface area contributed by atoms with Gasteiger partial charge < -0.3 is 0 Å². The predicted molar refractivity (Wildman–Crippen MR) is 90.1 cm³/mol. The minimum atomic E-state index is -4.16. The van der Waals surface area contributed by atoms with Gasteiger partial charge in [0.15, 0.2) is 0 Å². The van der Waals surface area contributed by atoms with Crippen LogP contribution in [0.1, 0.15) is 25.3 Å². The number of hydrogen-bond donors (Lipinski definition) is 1. The summed E-state index contributed by atoms with van der Waals surface area (Å²) < 4.78 is 40.6. The number of rotatable bonds is 3. The first-order valence-corrected chi connectivity index (χ1v) is 9.57. The van der Waals surface area contributed by atoms with Gasteiger partial charge in [0.1, 0.15) is 0 Å². The third-order valence-corrected chi connectivity index (χ3v) is 6.53. The van der Waals surface area contributed by atoms with Gasteiger partial charge in [0.05, 0.1) is 0 Å². The topological polar surface area (TPSA) is 32.6 Å². The number of piperidine rings is 1. The molecule has 1 N–H and O–H groups in total. The fourth-order valence-electron chi connectivity index (χ4n) is 3.07. The maximum absolute atomic E-state index is 12.9. The minimum absolute atomic E-state index is 0.0884. The SMILES string of the molecule is Cc1cc2c(NC3(C)CCN(C)CC3)nccn2c1[Se]C(F)(F)F. The fourth-order valence-corrected chi connectivity index (χ4v) is 4.53. The first-order chi connectivity index (χ1) is 11.2. The summed E-state index contributed by atoms with van der Waals surface area (Å²) in [5.74, 6) is 0.664. The van der Waals surface area contributed by atoms with E-state index >= 15 is 0 Å². The molecule has 0 saturated carbocycles. The standard InChI is InChI=1S/C16H21F3N4Se/c1-11-10-12-13(21-15(2)4-7-22(3)8-5-15)20-6-9-23(12)14(11)24-16(17,18)19/h6,9-10H,4-5,7-8H2,1-3H3,(H,20,21). The van der Waals surface area contributed by atoms with Crippen LogP contribution in [0.2, 0.25) is 0 Å². The van der Waals surface area contributed by atoms with Gasteiger partial charge in [-0.05, 0) is 0 Å². The van der Waals surface area contributed by atoms with Gasteiger partial charge in [0.25, 0.3) is 0 Å². The van der Waals surface area contributed by atoms with E-state index in [1.165, 1.54) is 0 Å². The molecule has 3 heterocycles. The monoisotopic (exact) mass is 406 g/mol. The van der Waals surface area contributed by atoms with Crippen LogP contribution in [0.25, 0.3) is 5.52 Å². The van der Waals surface area contributed by atoms with Crippen molar-refractivity contribution >= 4 is 30.9 Å². The van der Waals surface area contributed by atoms with Crippen LogP contribution in [-0.2, 0) is 0 Å². The molecule has 1 aliphatic rings. The third kappa shape index (κ3) is 3.71. The zero-order valence-corrected chi connectivity index (χ0v) is 15.7. The average molecular weight is 405 g/mol. The Balaban J connectivity index is 1.94. The second kappa shape index (κ2) is 6.24. The fraction of sp³-hybridized carbons (Fsp3) is 0.562. The Hall–Kier alpha value is -1.24. The van der Waals surface area contributed by atoms with E-state index in [-0.39, 0.29) is 5.54 Å². The van der Waals surface area contributed by atoms with E-state index in [2.05, 4.69) is 29.2 Å². The van der Waals surface area contributed by atoms with Crippen LogP contribution in [0.15, 0.2) is 18.5 Å². The zero-order chi connectivity index (χ0) is 17.5. The van der Waals surface area contributed by atoms with Crippen molar-refractivity contribution in [3.8, 4) is 0 Å². The van der Waals surface area contributed by atoms with Gasteiger partial charge in [-0.15, -0.1) is 0 Å². The number of likely N-dealkylation sites (tertiary alicyclic amines) is 1. The molecule has 8 heteroatoms. The number of aryl methyl sites for hydroxylation is 1. The van der Waals surface area contributed by atoms with E-state index in [1.807, 2.05) is 0 Å². The quantitative estimate of drug-likeness (QED) is 0.797. The van der Waals surface area contributed by atoms with Gasteiger partial charge >= 0.3 is 145 Å². The van der Waals surface area contributed by atoms with E-state index < -0.39 is 20.0 Å². The van der Waals surface area contributed by atoms with E-state index in [0.29, 0.717) is 16.0 Å². The number of nitrogens with one attached hydrogen (secondary N) is 1. The number of halogens is 3. The molecule has 4 nitrogen and oxygen atoms in total. The van der Waals surface area contributed by atoms with Gasteiger partial charge in [-0.25, -0.2) is 0 Å². The van der Waals surface area contributed by atoms with E-state index in [0.717, 1.165) is 31.4 Å². The van der Waals surface area contributed by atoms with Crippen LogP contribution in [0.3, 0.4) is 0 Å². The molecule has 0 radical (unpaired) electrons. The second-order valence-corrected chi connectivity index (χ2v) is 8.91. The van der Waals surface area contributed by atoms with E-state index in [1.54, 1.807) is 29.8 Å². The molecule has 2 aromatic rings. The zero-order valence-electron chi connectivity index (χ0n) is 13.9. The molecule has 0 aromatic carbocycles. The van der Waals surface area contributed by atoms with Crippen molar-refractivity contribution in [3.63, 3.8) is 0 Å². The van der Waals surface area contributed by atoms with Gasteiger partial charge in [0.2, 0.25) is 0 Å². The second-order valence-electron chi connectivity index (χ2n) is 6.70. The summed E-state index contributed by atoms with van der Waals surface area (Å²) in [4.78, 5) is 6.68. The summed E-state index contributed by atoms with van der Waals surface area (Å²) in [5.41, 5.74) is 1.29. The van der Waals surface area contributed by atoms with E-state index in [9.17, 15) is 13.2 Å². The average Bonchev–Trinajstić information content (AvgIpc) is 2.79. The van der Waals surface area contributed by atoms with Gasteiger partial charge in [-0.1, -0.05) is 0 Å². The van der Waals surface area contributed by atoms with Crippen LogP contribution < -0.4 is 9.91 Å². The Morgan fingerprint density at radius 3 is 2.58 bits per heavy atom. The van der Waals surface area contributed by atoms with Crippen molar-refractivity contribution in [3.05, 3.63) is 24.0 Å². The molecule has 3 rings (SSSR count). The predicted octanol–water partition coefficient (Wildman–Crippen LogP) is 2.39. The first-order valence-electron chi connectivity index (χ1n) is 7.86. The van der Waals surface area contributed by atoms with Gasteiger partial charge in [0, 0.05) is 0 Å². The van der Waals surface area contributed by atoms with Crippen LogP contribution in [-0.4, -0.2) is 60.0 Å². The summed E-state index contributed by atoms with van der Waals surface area (Å²) in [6, 6.07) is 1.80. The molecule has 0 bridgehead atoms. The normalized spacial score (nSPS) is 18.9. The van der Waals surface area contributed by atoms with Crippen LogP contribution in [0.4, 0.5) is 19.0 Å². The first kappa shape index (κ1) is 17.6. The molecule has 1 saturated heterocycles. The molecule has 132 valence electrons. The molecule has 1 fully saturated rings. The molecule has 0 spiro atoms. The molecule has 0 aliphatic carbocycles. The van der Waals surface area contributed by atoms with Gasteiger partial charge in [-0.3, -0.25) is 0 Å². The van der Waals surface area contributed by atoms with Crippen molar-refractivity contribution in [2.24, 2.45) is 0 Å². The summed E-state index contributed by atoms with van der Waals surface area (Å²) in [5, 5.41) is -0.673. The Labute approximate surface area is 145 Å². The Kier molecular flexibility index (Phi) is 4.57. The van der Waals surface area contributed by atoms with Gasteiger partial charge in [-0.2, -0.15) is 0 Å². The van der Waals surface area contributed by atoms with Crippen molar-refractivity contribution < 1.29 is 13.2 Å². The van der Waals surface area contributed by atoms with Crippen molar-refractivity contribution in [1.82, 2.24) is 14.3 Å². The number of hydrogen-bond acceptors (Lipinski definition) is 3. The maximum atomic E-state index is 12.9. The third-order valence-electron chi connectivity index (χ3n) is 4.55. The summed E-state index contributed by atoms with van der Waals surface area (Å²) >= 11 is -1.57. The van der Waals surface area contributed by atoms with Crippen LogP contribution in [0, 0.1) is 6.92 Å². The summed E-state index contributed by atoms with van der Waals surface area (Å²) in [7, 11) is 2.10. The molecule has 0 atom stereocenters. The van der Waals surface area contributed by atoms with Crippen LogP contribution in [0.5, 0.6) is 0 Å². The molecule has 0 amide bonds. The van der Waals surface area contributed by atoms with Crippen molar-refractivity contribution in [1.29, 1.82) is 0 Å². The molecule has 0 unspecified atom stereocenters. The Bertz CT molecular complexity index is 733. The molecule has 2 aromatic heterocycles. The molecule has 24 heavy (non-hydrogen) atoms. The Morgan fingerprint density at radius 1 is 1.29 bits per heavy atom. The molecular weight excluding hydrogens is 384 g/mol. The van der Waals surface area contributed by atoms with E-state index in [4.69, 9.17) is 0 Å². The number of fused-ring (bicyclic) bond motifs is 1. The molecular formula is C16H21F3N4Se. The summed E-state index contributed by atoms with van der Waals surface area (Å²) in [6.07, 6.45) is 5.15. The molecule has 1 aliphatic heterocycles. The summed E-state index contributed by atoms with van der Waals surface area (Å²) in [6.45, 7) is 5.88. The van der Waals surface area contributed by atoms with Crippen molar-refractivity contribution in [2.75, 3.05) is 25.5 Å².